The summed E-state index contributed by atoms with van der Waals surface area (Å²) in [5.74, 6) is 0.227. The highest BCUT2D eigenvalue weighted by Gasteiger charge is 2.35. The smallest absolute Gasteiger partial charge is 0.265 e. The van der Waals surface area contributed by atoms with Crippen molar-refractivity contribution < 1.29 is 22.7 Å². The summed E-state index contributed by atoms with van der Waals surface area (Å²) in [4.78, 5) is 27.1. The second-order valence-corrected chi connectivity index (χ2v) is 11.0. The van der Waals surface area contributed by atoms with E-state index < -0.39 is 16.1 Å². The van der Waals surface area contributed by atoms with Crippen molar-refractivity contribution in [3.8, 4) is 5.75 Å². The summed E-state index contributed by atoms with van der Waals surface area (Å²) in [7, 11) is -1.82. The number of carbonyl (C=O) groups excluding carboxylic acids is 2. The molecule has 3 aliphatic rings. The fraction of sp³-hybridized carbons (Fsp3) is 0.652. The van der Waals surface area contributed by atoms with Gasteiger partial charge in [0.1, 0.15) is 5.75 Å². The van der Waals surface area contributed by atoms with Crippen LogP contribution >= 0.6 is 0 Å². The molecule has 1 aromatic carbocycles. The Balaban J connectivity index is 1.40. The predicted octanol–water partition coefficient (Wildman–Crippen LogP) is 2.99. The van der Waals surface area contributed by atoms with Gasteiger partial charge in [-0.25, -0.2) is 8.42 Å². The number of ether oxygens (including phenoxy) is 1. The molecule has 4 rings (SSSR count). The molecule has 1 saturated carbocycles. The summed E-state index contributed by atoms with van der Waals surface area (Å²) in [5.41, 5.74) is 0.375. The van der Waals surface area contributed by atoms with E-state index >= 15 is 0 Å². The Kier molecular flexibility index (Phi) is 6.76. The normalized spacial score (nSPS) is 23.2. The van der Waals surface area contributed by atoms with Crippen LogP contribution in [0.15, 0.2) is 23.1 Å². The molecule has 32 heavy (non-hydrogen) atoms. The Bertz CT molecular complexity index is 966. The number of benzene rings is 1. The molecule has 0 radical (unpaired) electrons. The fourth-order valence-corrected chi connectivity index (χ4v) is 6.48. The minimum absolute atomic E-state index is 0.124. The van der Waals surface area contributed by atoms with Gasteiger partial charge in [0.05, 0.1) is 10.6 Å². The number of sulfonamides is 1. The molecular formula is C23H33N3O5S. The van der Waals surface area contributed by atoms with Crippen molar-refractivity contribution in [3.05, 3.63) is 18.2 Å². The standard InChI is InChI=1S/C23H33N3O5S/c1-3-20-22(27)24-19-15-18(9-10-21(19)31-20)32(29,30)26-13-11-16(12-14-26)23(28)25(2)17-7-5-4-6-8-17/h9-10,15-17,20H,3-8,11-14H2,1-2H3,(H,24,27). The van der Waals surface area contributed by atoms with Gasteiger partial charge in [-0.3, -0.25) is 9.59 Å². The van der Waals surface area contributed by atoms with Gasteiger partial charge in [-0.1, -0.05) is 26.2 Å². The van der Waals surface area contributed by atoms with Gasteiger partial charge in [0, 0.05) is 32.1 Å². The molecule has 0 spiro atoms. The molecule has 1 aliphatic carbocycles. The van der Waals surface area contributed by atoms with Crippen LogP contribution in [0.5, 0.6) is 5.75 Å². The average molecular weight is 464 g/mol. The van der Waals surface area contributed by atoms with Crippen LogP contribution in [-0.2, 0) is 19.6 Å². The van der Waals surface area contributed by atoms with Crippen LogP contribution < -0.4 is 10.1 Å². The van der Waals surface area contributed by atoms with Crippen molar-refractivity contribution in [3.63, 3.8) is 0 Å². The highest BCUT2D eigenvalue weighted by molar-refractivity contribution is 7.89. The molecule has 2 amide bonds. The molecule has 2 heterocycles. The number of fused-ring (bicyclic) bond motifs is 1. The van der Waals surface area contributed by atoms with Crippen LogP contribution in [0.3, 0.4) is 0 Å². The van der Waals surface area contributed by atoms with E-state index in [4.69, 9.17) is 4.74 Å². The van der Waals surface area contributed by atoms with Crippen molar-refractivity contribution in [2.45, 2.75) is 75.3 Å². The maximum Gasteiger partial charge on any atom is 0.265 e. The highest BCUT2D eigenvalue weighted by Crippen LogP contribution is 2.34. The summed E-state index contributed by atoms with van der Waals surface area (Å²) >= 11 is 0. The van der Waals surface area contributed by atoms with E-state index in [0.717, 1.165) is 12.8 Å². The first-order valence-corrected chi connectivity index (χ1v) is 13.1. The monoisotopic (exact) mass is 463 g/mol. The van der Waals surface area contributed by atoms with Crippen molar-refractivity contribution in [2.75, 3.05) is 25.5 Å². The van der Waals surface area contributed by atoms with Gasteiger partial charge < -0.3 is 15.0 Å². The predicted molar refractivity (Wildman–Crippen MR) is 121 cm³/mol. The highest BCUT2D eigenvalue weighted by atomic mass is 32.2. The quantitative estimate of drug-likeness (QED) is 0.724. The maximum atomic E-state index is 13.2. The van der Waals surface area contributed by atoms with Crippen molar-refractivity contribution in [1.82, 2.24) is 9.21 Å². The van der Waals surface area contributed by atoms with Gasteiger partial charge in [0.2, 0.25) is 15.9 Å². The van der Waals surface area contributed by atoms with Gasteiger partial charge in [0.25, 0.3) is 5.91 Å². The second-order valence-electron chi connectivity index (χ2n) is 9.08. The van der Waals surface area contributed by atoms with Gasteiger partial charge in [-0.2, -0.15) is 4.31 Å². The second kappa shape index (κ2) is 9.39. The fourth-order valence-electron chi connectivity index (χ4n) is 4.99. The van der Waals surface area contributed by atoms with E-state index in [1.54, 1.807) is 6.07 Å². The largest absolute Gasteiger partial charge is 0.478 e. The SMILES string of the molecule is CCC1Oc2ccc(S(=O)(=O)N3CCC(C(=O)N(C)C4CCCCC4)CC3)cc2NC1=O. The molecule has 1 atom stereocenters. The first-order valence-electron chi connectivity index (χ1n) is 11.7. The zero-order chi connectivity index (χ0) is 22.9. The van der Waals surface area contributed by atoms with Crippen molar-refractivity contribution in [2.24, 2.45) is 5.92 Å². The number of piperidine rings is 1. The lowest BCUT2D eigenvalue weighted by atomic mass is 9.91. The number of nitrogens with zero attached hydrogens (tertiary/aromatic N) is 2. The molecule has 1 N–H and O–H groups in total. The summed E-state index contributed by atoms with van der Waals surface area (Å²) < 4.78 is 33.5. The number of carbonyl (C=O) groups is 2. The van der Waals surface area contributed by atoms with Gasteiger partial charge in [-0.15, -0.1) is 0 Å². The molecule has 1 aromatic rings. The van der Waals surface area contributed by atoms with E-state index in [1.807, 2.05) is 18.9 Å². The van der Waals surface area contributed by atoms with E-state index in [1.165, 1.54) is 35.7 Å². The number of anilines is 1. The Hall–Kier alpha value is -2.13. The average Bonchev–Trinajstić information content (AvgIpc) is 2.82. The summed E-state index contributed by atoms with van der Waals surface area (Å²) in [6.45, 7) is 2.49. The zero-order valence-electron chi connectivity index (χ0n) is 18.9. The molecule has 0 bridgehead atoms. The minimum atomic E-state index is -3.72. The topological polar surface area (TPSA) is 96.0 Å². The van der Waals surface area contributed by atoms with Gasteiger partial charge in [0.15, 0.2) is 6.10 Å². The molecule has 0 aromatic heterocycles. The molecule has 176 valence electrons. The van der Waals surface area contributed by atoms with Crippen LogP contribution in [0.2, 0.25) is 0 Å². The third-order valence-electron chi connectivity index (χ3n) is 7.05. The number of hydrogen-bond donors (Lipinski definition) is 1. The third kappa shape index (κ3) is 4.50. The summed E-state index contributed by atoms with van der Waals surface area (Å²) in [6, 6.07) is 4.90. The molecular weight excluding hydrogens is 430 g/mol. The molecule has 1 saturated heterocycles. The van der Waals surface area contributed by atoms with Crippen molar-refractivity contribution in [1.29, 1.82) is 0 Å². The van der Waals surface area contributed by atoms with Crippen LogP contribution in [0.25, 0.3) is 0 Å². The Morgan fingerprint density at radius 1 is 1.16 bits per heavy atom. The Morgan fingerprint density at radius 3 is 2.50 bits per heavy atom. The molecule has 1 unspecified atom stereocenters. The zero-order valence-corrected chi connectivity index (χ0v) is 19.7. The number of hydrogen-bond acceptors (Lipinski definition) is 5. The molecule has 2 aliphatic heterocycles. The minimum Gasteiger partial charge on any atom is -0.478 e. The Morgan fingerprint density at radius 2 is 1.84 bits per heavy atom. The summed E-state index contributed by atoms with van der Waals surface area (Å²) in [5, 5.41) is 2.74. The number of nitrogens with one attached hydrogen (secondary N) is 1. The van der Waals surface area contributed by atoms with Gasteiger partial charge >= 0.3 is 0 Å². The first-order chi connectivity index (χ1) is 15.3. The maximum absolute atomic E-state index is 13.2. The van der Waals surface area contributed by atoms with E-state index in [9.17, 15) is 18.0 Å². The first kappa shape index (κ1) is 23.0. The Labute approximate surface area is 190 Å². The number of amides is 2. The lowest BCUT2D eigenvalue weighted by molar-refractivity contribution is -0.138. The number of rotatable bonds is 5. The summed E-state index contributed by atoms with van der Waals surface area (Å²) in [6.07, 6.45) is 6.74. The van der Waals surface area contributed by atoms with Crippen molar-refractivity contribution >= 4 is 27.5 Å². The van der Waals surface area contributed by atoms with Crippen LogP contribution in [0, 0.1) is 5.92 Å². The van der Waals surface area contributed by atoms with Crippen LogP contribution in [0.4, 0.5) is 5.69 Å². The van der Waals surface area contributed by atoms with E-state index in [-0.39, 0.29) is 22.6 Å². The van der Waals surface area contributed by atoms with Crippen LogP contribution in [0.1, 0.15) is 58.3 Å². The van der Waals surface area contributed by atoms with Crippen LogP contribution in [-0.4, -0.2) is 61.7 Å². The molecule has 9 heteroatoms. The lowest BCUT2D eigenvalue weighted by Crippen LogP contribution is -2.46. The van der Waals surface area contributed by atoms with E-state index in [2.05, 4.69) is 5.32 Å². The van der Waals surface area contributed by atoms with E-state index in [0.29, 0.717) is 49.8 Å². The third-order valence-corrected chi connectivity index (χ3v) is 8.95. The molecule has 2 fully saturated rings. The van der Waals surface area contributed by atoms with Gasteiger partial charge in [-0.05, 0) is 50.3 Å². The molecule has 8 nitrogen and oxygen atoms in total. The lowest BCUT2D eigenvalue weighted by Gasteiger charge is -2.36.